The van der Waals surface area contributed by atoms with Crippen molar-refractivity contribution in [2.24, 2.45) is 0 Å². The number of allylic oxidation sites excluding steroid dienone is 1. The normalized spacial score (nSPS) is 14.0. The number of rotatable bonds is 7. The Hall–Kier alpha value is -2.55. The fourth-order valence-corrected chi connectivity index (χ4v) is 3.24. The number of aliphatic carboxylic acids is 1. The Kier molecular flexibility index (Phi) is 5.54. The van der Waals surface area contributed by atoms with Gasteiger partial charge in [-0.15, -0.1) is 0 Å². The number of hydrogen-bond acceptors (Lipinski definition) is 2. The molecule has 0 amide bonds. The number of carboxylic acids is 1. The molecule has 3 nitrogen and oxygen atoms in total. The first-order valence-corrected chi connectivity index (χ1v) is 8.83. The molecule has 0 spiro atoms. The summed E-state index contributed by atoms with van der Waals surface area (Å²) in [6.45, 7) is 2.73. The van der Waals surface area contributed by atoms with Crippen LogP contribution in [-0.4, -0.2) is 17.7 Å². The van der Waals surface area contributed by atoms with Crippen molar-refractivity contribution in [2.45, 2.75) is 39.0 Å². The van der Waals surface area contributed by atoms with E-state index < -0.39 is 5.97 Å². The fourth-order valence-electron chi connectivity index (χ4n) is 3.24. The molecule has 0 saturated heterocycles. The molecule has 3 rings (SSSR count). The molecule has 130 valence electrons. The Morgan fingerprint density at radius 2 is 1.76 bits per heavy atom. The third-order valence-electron chi connectivity index (χ3n) is 4.70. The number of ether oxygens (including phenoxy) is 1. The summed E-state index contributed by atoms with van der Waals surface area (Å²) in [6.07, 6.45) is 4.12. The van der Waals surface area contributed by atoms with Gasteiger partial charge in [0.05, 0.1) is 0 Å². The Labute approximate surface area is 149 Å². The van der Waals surface area contributed by atoms with E-state index in [4.69, 9.17) is 9.84 Å². The zero-order valence-corrected chi connectivity index (χ0v) is 14.6. The highest BCUT2D eigenvalue weighted by Crippen LogP contribution is 2.34. The second-order valence-corrected chi connectivity index (χ2v) is 6.63. The predicted molar refractivity (Wildman–Crippen MR) is 99.8 cm³/mol. The van der Waals surface area contributed by atoms with E-state index in [9.17, 15) is 4.79 Å². The van der Waals surface area contributed by atoms with Gasteiger partial charge < -0.3 is 9.84 Å². The molecule has 25 heavy (non-hydrogen) atoms. The quantitative estimate of drug-likeness (QED) is 0.771. The van der Waals surface area contributed by atoms with Crippen molar-refractivity contribution < 1.29 is 14.6 Å². The maximum absolute atomic E-state index is 10.6. The standard InChI is InChI=1S/C22H24O3/c1-16-5-10-18(11-6-16)21-4-2-3-19(21)15-25-20-12-7-17(8-13-20)9-14-22(23)24/h5-8,10-13H,2-4,9,14-15H2,1H3,(H,23,24). The van der Waals surface area contributed by atoms with Crippen LogP contribution in [0.3, 0.4) is 0 Å². The molecule has 0 atom stereocenters. The van der Waals surface area contributed by atoms with E-state index in [-0.39, 0.29) is 6.42 Å². The summed E-state index contributed by atoms with van der Waals surface area (Å²) in [7, 11) is 0. The second-order valence-electron chi connectivity index (χ2n) is 6.63. The summed E-state index contributed by atoms with van der Waals surface area (Å²) in [5.74, 6) is 0.0684. The SMILES string of the molecule is Cc1ccc(C2=C(COc3ccc(CCC(=O)O)cc3)CCC2)cc1. The van der Waals surface area contributed by atoms with Gasteiger partial charge in [-0.3, -0.25) is 4.79 Å². The average Bonchev–Trinajstić information content (AvgIpc) is 3.08. The van der Waals surface area contributed by atoms with Gasteiger partial charge >= 0.3 is 5.97 Å². The number of carbonyl (C=O) groups is 1. The van der Waals surface area contributed by atoms with Crippen LogP contribution >= 0.6 is 0 Å². The van der Waals surface area contributed by atoms with Gasteiger partial charge in [-0.25, -0.2) is 0 Å². The third kappa shape index (κ3) is 4.72. The fraction of sp³-hybridized carbons (Fsp3) is 0.318. The van der Waals surface area contributed by atoms with Gasteiger partial charge in [0.1, 0.15) is 12.4 Å². The average molecular weight is 336 g/mol. The molecule has 0 aliphatic heterocycles. The van der Waals surface area contributed by atoms with Crippen molar-refractivity contribution >= 4 is 11.5 Å². The van der Waals surface area contributed by atoms with Crippen molar-refractivity contribution in [3.63, 3.8) is 0 Å². The van der Waals surface area contributed by atoms with Crippen LogP contribution in [-0.2, 0) is 11.2 Å². The lowest BCUT2D eigenvalue weighted by Gasteiger charge is -2.11. The molecule has 0 aromatic heterocycles. The number of aryl methyl sites for hydroxylation is 2. The van der Waals surface area contributed by atoms with Crippen LogP contribution in [0, 0.1) is 6.92 Å². The Balaban J connectivity index is 1.62. The lowest BCUT2D eigenvalue weighted by atomic mass is 10.0. The maximum atomic E-state index is 10.6. The molecule has 0 heterocycles. The van der Waals surface area contributed by atoms with Crippen molar-refractivity contribution in [1.29, 1.82) is 0 Å². The highest BCUT2D eigenvalue weighted by atomic mass is 16.5. The van der Waals surface area contributed by atoms with E-state index in [1.165, 1.54) is 28.7 Å². The zero-order valence-electron chi connectivity index (χ0n) is 14.6. The van der Waals surface area contributed by atoms with E-state index >= 15 is 0 Å². The highest BCUT2D eigenvalue weighted by Gasteiger charge is 2.16. The summed E-state index contributed by atoms with van der Waals surface area (Å²) in [5, 5.41) is 8.74. The molecule has 0 bridgehead atoms. The van der Waals surface area contributed by atoms with Gasteiger partial charge in [0.15, 0.2) is 0 Å². The smallest absolute Gasteiger partial charge is 0.303 e. The van der Waals surface area contributed by atoms with E-state index in [0.29, 0.717) is 13.0 Å². The molecular formula is C22H24O3. The first kappa shape index (κ1) is 17.3. The lowest BCUT2D eigenvalue weighted by molar-refractivity contribution is -0.136. The second kappa shape index (κ2) is 8.02. The molecule has 0 saturated carbocycles. The van der Waals surface area contributed by atoms with Gasteiger partial charge in [0.2, 0.25) is 0 Å². The van der Waals surface area contributed by atoms with Crippen LogP contribution in [0.1, 0.15) is 42.4 Å². The van der Waals surface area contributed by atoms with Gasteiger partial charge in [0.25, 0.3) is 0 Å². The van der Waals surface area contributed by atoms with Gasteiger partial charge in [0, 0.05) is 6.42 Å². The topological polar surface area (TPSA) is 46.5 Å². The minimum Gasteiger partial charge on any atom is -0.489 e. The van der Waals surface area contributed by atoms with E-state index in [1.807, 2.05) is 24.3 Å². The minimum absolute atomic E-state index is 0.160. The summed E-state index contributed by atoms with van der Waals surface area (Å²) >= 11 is 0. The number of hydrogen-bond donors (Lipinski definition) is 1. The molecule has 0 unspecified atom stereocenters. The molecule has 0 fully saturated rings. The largest absolute Gasteiger partial charge is 0.489 e. The van der Waals surface area contributed by atoms with E-state index in [1.54, 1.807) is 0 Å². The zero-order chi connectivity index (χ0) is 17.6. The highest BCUT2D eigenvalue weighted by molar-refractivity contribution is 5.71. The first-order valence-electron chi connectivity index (χ1n) is 8.83. The number of carboxylic acid groups (broad SMARTS) is 1. The summed E-state index contributed by atoms with van der Waals surface area (Å²) in [4.78, 5) is 10.6. The Bertz CT molecular complexity index is 755. The predicted octanol–water partition coefficient (Wildman–Crippen LogP) is 5.03. The van der Waals surface area contributed by atoms with E-state index in [0.717, 1.165) is 24.2 Å². The van der Waals surface area contributed by atoms with Crippen molar-refractivity contribution in [2.75, 3.05) is 6.61 Å². The van der Waals surface area contributed by atoms with Crippen LogP contribution in [0.15, 0.2) is 54.1 Å². The van der Waals surface area contributed by atoms with E-state index in [2.05, 4.69) is 31.2 Å². The van der Waals surface area contributed by atoms with Crippen LogP contribution in [0.2, 0.25) is 0 Å². The Morgan fingerprint density at radius 3 is 2.44 bits per heavy atom. The van der Waals surface area contributed by atoms with Crippen LogP contribution < -0.4 is 4.74 Å². The first-order chi connectivity index (χ1) is 12.1. The molecule has 3 heteroatoms. The monoisotopic (exact) mass is 336 g/mol. The van der Waals surface area contributed by atoms with Crippen molar-refractivity contribution in [1.82, 2.24) is 0 Å². The third-order valence-corrected chi connectivity index (χ3v) is 4.70. The molecule has 2 aromatic carbocycles. The van der Waals surface area contributed by atoms with Crippen molar-refractivity contribution in [3.8, 4) is 5.75 Å². The van der Waals surface area contributed by atoms with Crippen LogP contribution in [0.5, 0.6) is 5.75 Å². The molecule has 1 aliphatic rings. The molecule has 1 aliphatic carbocycles. The molecule has 1 N–H and O–H groups in total. The summed E-state index contributed by atoms with van der Waals surface area (Å²) < 4.78 is 5.97. The number of benzene rings is 2. The minimum atomic E-state index is -0.767. The van der Waals surface area contributed by atoms with Gasteiger partial charge in [-0.05, 0) is 67.0 Å². The van der Waals surface area contributed by atoms with Gasteiger partial charge in [-0.2, -0.15) is 0 Å². The summed E-state index contributed by atoms with van der Waals surface area (Å²) in [5.41, 5.74) is 6.43. The summed E-state index contributed by atoms with van der Waals surface area (Å²) in [6, 6.07) is 16.5. The maximum Gasteiger partial charge on any atom is 0.303 e. The Morgan fingerprint density at radius 1 is 1.04 bits per heavy atom. The molecule has 0 radical (unpaired) electrons. The van der Waals surface area contributed by atoms with Crippen LogP contribution in [0.4, 0.5) is 0 Å². The van der Waals surface area contributed by atoms with Crippen molar-refractivity contribution in [3.05, 3.63) is 70.8 Å². The lowest BCUT2D eigenvalue weighted by Crippen LogP contribution is -2.02. The molecule has 2 aromatic rings. The van der Waals surface area contributed by atoms with Crippen LogP contribution in [0.25, 0.3) is 5.57 Å². The van der Waals surface area contributed by atoms with Gasteiger partial charge in [-0.1, -0.05) is 42.0 Å². The molecular weight excluding hydrogens is 312 g/mol.